The molecule has 3 aliphatic rings. The Bertz CT molecular complexity index is 5040. The number of nitrogens with zero attached hydrogens (tertiary/aromatic N) is 2. The van der Waals surface area contributed by atoms with Crippen LogP contribution in [0, 0.1) is 33.5 Å². The van der Waals surface area contributed by atoms with Crippen LogP contribution in [0.1, 0.15) is 168 Å². The summed E-state index contributed by atoms with van der Waals surface area (Å²) in [6.07, 6.45) is -3.73. The number of aliphatic hydroxyl groups excluding tert-OH is 1. The second kappa shape index (κ2) is 62.5. The van der Waals surface area contributed by atoms with E-state index in [4.69, 9.17) is 55.0 Å². The highest BCUT2D eigenvalue weighted by Gasteiger charge is 2.47. The van der Waals surface area contributed by atoms with Crippen LogP contribution >= 0.6 is 21.6 Å². The topological polar surface area (TPSA) is 834 Å². The smallest absolute Gasteiger partial charge is 0.329 e. The fraction of sp³-hybridized carbons (Fsp3) is 0.574. The number of amides is 16. The minimum absolute atomic E-state index is 0.00391. The van der Waals surface area contributed by atoms with Crippen molar-refractivity contribution < 1.29 is 111 Å². The lowest BCUT2D eigenvalue weighted by atomic mass is 9.96. The Hall–Kier alpha value is -14.4. The third kappa shape index (κ3) is 42.3. The number of carbonyl (C=O) groups is 18. The number of guanidine groups is 4. The number of phenols is 1. The van der Waals surface area contributed by atoms with Crippen LogP contribution in [0.2, 0.25) is 0 Å². The van der Waals surface area contributed by atoms with Gasteiger partial charge in [0.2, 0.25) is 94.5 Å². The molecule has 3 fully saturated rings. The highest BCUT2D eigenvalue weighted by molar-refractivity contribution is 8.76. The maximum atomic E-state index is 16.0. The lowest BCUT2D eigenvalue weighted by molar-refractivity contribution is -0.147. The number of nitrogens with one attached hydrogen (secondary N) is 21. The van der Waals surface area contributed by atoms with Crippen molar-refractivity contribution in [2.24, 2.45) is 40.5 Å². The molecule has 0 aliphatic carbocycles. The Balaban J connectivity index is 1.60. The number of unbranched alkanes of at least 4 members (excludes halogenated alkanes) is 2. The number of carbonyl (C=O) groups excluding carboxylic acids is 16. The van der Waals surface area contributed by atoms with E-state index in [0.717, 1.165) is 49.4 Å². The Morgan fingerprint density at radius 1 is 0.497 bits per heavy atom. The molecule has 17 atom stereocenters. The number of nitrogens with two attached hydrogens (primary N) is 5. The van der Waals surface area contributed by atoms with E-state index in [2.05, 4.69) is 90.4 Å². The number of fused-ring (bicyclic) bond motifs is 2. The lowest BCUT2D eigenvalue weighted by Crippen LogP contribution is -2.62. The van der Waals surface area contributed by atoms with Crippen molar-refractivity contribution in [2.45, 2.75) is 267 Å². The van der Waals surface area contributed by atoms with Gasteiger partial charge in [0.15, 0.2) is 23.8 Å². The number of hydrogen-bond acceptors (Lipinski definition) is 27. The molecule has 16 amide bonds. The Kier molecular flexibility index (Phi) is 51.5. The van der Waals surface area contributed by atoms with E-state index >= 15 is 52.7 Å². The molecular weight excluding hydrogens is 1950 g/mol. The number of hydrogen-bond donors (Lipinski definition) is 30. The van der Waals surface area contributed by atoms with Crippen LogP contribution in [0.5, 0.6) is 5.75 Å². The molecule has 0 saturated carbocycles. The average Bonchev–Trinajstić information content (AvgIpc) is 1.67. The Labute approximate surface area is 858 Å². The molecule has 0 unspecified atom stereocenters. The van der Waals surface area contributed by atoms with Gasteiger partial charge < -0.3 is 154 Å². The zero-order valence-electron chi connectivity index (χ0n) is 83.3. The molecule has 0 radical (unpaired) electrons. The minimum atomic E-state index is -2.20. The minimum Gasteiger partial charge on any atom is -0.508 e. The van der Waals surface area contributed by atoms with Crippen LogP contribution in [0.15, 0.2) is 78.9 Å². The molecule has 3 heterocycles. The molecule has 3 aromatic rings. The van der Waals surface area contributed by atoms with Gasteiger partial charge in [0.25, 0.3) is 0 Å². The van der Waals surface area contributed by atoms with Crippen LogP contribution in [0.3, 0.4) is 0 Å². The highest BCUT2D eigenvalue weighted by atomic mass is 33.1. The van der Waals surface area contributed by atoms with Crippen LogP contribution in [0.25, 0.3) is 11.1 Å². The zero-order valence-corrected chi connectivity index (χ0v) is 84.9. The van der Waals surface area contributed by atoms with Crippen LogP contribution < -0.4 is 119 Å². The van der Waals surface area contributed by atoms with E-state index in [1.54, 1.807) is 58.9 Å². The fourth-order valence-corrected chi connectivity index (χ4v) is 18.7. The van der Waals surface area contributed by atoms with Crippen molar-refractivity contribution in [1.82, 2.24) is 100 Å². The third-order valence-corrected chi connectivity index (χ3v) is 26.7. The standard InChI is InChI=1S/C94H144N28O23S2/c1-7-9-11-21-61-79(133)118-69(85(139)111-62(24-16-37-106-93(100)101)78(132)109-59(76(95)130)22-14-35-104-91(96)97)48-146-147-49-70(119-80(134)63(25-17-38-107-94(102)103)110-77(131)60(108-52(6)124)23-15-36-105-92(98)99)90(144)121-39-18-26-71(121)86(140)115-64(40-50(3)4)81(135)113-66(41-53-27-31-56(32-28-53)55-19-12-10-13-20-55)83(137)120-75(51(5)8-2)88(142)117-68(46-123)84(138)114-65(42-54-29-33-57(125)34-30-54)82(136)116-67(44-73(126)127)89(143)122-45-58(145-47-74(128)129)43-72(122)87(141)112-61/h10,12-13,19-20,27-34,50-51,58-72,75,123,125H,7-9,11,14-18,21-26,35-49H2,1-6H3,(H2,95,130)(H,108,124)(H,109,132)(H,110,131)(H,111,139)(H,112,141)(H,113,135)(H,114,138)(H,115,140)(H,116,136)(H,117,142)(H,118,133)(H,119,134)(H,120,137)(H,126,127)(H,128,129)(H4,96,97,104)(H4,98,99,105)(H4,100,101,106)(H4,102,103,107)/t51-,58-,59-,60-,61-,62-,63-,64-,65-,66-,67-,68-,69-,70-,71-,72-,75-/m0/s1. The molecule has 0 bridgehead atoms. The number of aliphatic hydroxyl groups is 1. The number of phenolic OH excluding ortho intramolecular Hbond substituents is 1. The maximum absolute atomic E-state index is 16.0. The average molecular weight is 2100 g/mol. The van der Waals surface area contributed by atoms with E-state index in [-0.39, 0.29) is 146 Å². The van der Waals surface area contributed by atoms with E-state index < -0.39 is 283 Å². The summed E-state index contributed by atoms with van der Waals surface area (Å²) in [5, 5.41) is 117. The number of aliphatic carboxylic acids is 2. The second-order valence-electron chi connectivity index (χ2n) is 36.5. The molecule has 810 valence electrons. The number of rotatable bonds is 45. The van der Waals surface area contributed by atoms with Gasteiger partial charge >= 0.3 is 11.9 Å². The van der Waals surface area contributed by atoms with Crippen LogP contribution in [0.4, 0.5) is 0 Å². The lowest BCUT2D eigenvalue weighted by Gasteiger charge is -2.31. The Morgan fingerprint density at radius 2 is 0.966 bits per heavy atom. The summed E-state index contributed by atoms with van der Waals surface area (Å²) < 4.78 is 5.65. The van der Waals surface area contributed by atoms with Crippen molar-refractivity contribution in [3.63, 3.8) is 0 Å². The van der Waals surface area contributed by atoms with Gasteiger partial charge in [0.1, 0.15) is 103 Å². The summed E-state index contributed by atoms with van der Waals surface area (Å²) in [7, 11) is 1.55. The summed E-state index contributed by atoms with van der Waals surface area (Å²) in [4.78, 5) is 267. The number of benzene rings is 3. The summed E-state index contributed by atoms with van der Waals surface area (Å²) in [5.41, 5.74) is 30.3. The van der Waals surface area contributed by atoms with Crippen LogP contribution in [-0.4, -0.2) is 321 Å². The van der Waals surface area contributed by atoms with Crippen molar-refractivity contribution in [3.8, 4) is 16.9 Å². The summed E-state index contributed by atoms with van der Waals surface area (Å²) in [6, 6.07) is -4.19. The van der Waals surface area contributed by atoms with E-state index in [0.29, 0.717) is 18.4 Å². The molecule has 35 N–H and O–H groups in total. The van der Waals surface area contributed by atoms with Gasteiger partial charge in [0.05, 0.1) is 19.1 Å². The van der Waals surface area contributed by atoms with Crippen molar-refractivity contribution in [2.75, 3.05) is 64.0 Å². The van der Waals surface area contributed by atoms with E-state index in [9.17, 15) is 54.0 Å². The van der Waals surface area contributed by atoms with Gasteiger partial charge in [0, 0.05) is 77.0 Å². The first-order valence-corrected chi connectivity index (χ1v) is 51.2. The molecule has 0 aromatic heterocycles. The maximum Gasteiger partial charge on any atom is 0.329 e. The quantitative estimate of drug-likeness (QED) is 0.0109. The molecule has 147 heavy (non-hydrogen) atoms. The fourth-order valence-electron chi connectivity index (χ4n) is 16.4. The Morgan fingerprint density at radius 3 is 1.48 bits per heavy atom. The summed E-state index contributed by atoms with van der Waals surface area (Å²) >= 11 is 0. The van der Waals surface area contributed by atoms with Gasteiger partial charge in [-0.25, -0.2) is 4.79 Å². The monoisotopic (exact) mass is 2100 g/mol. The van der Waals surface area contributed by atoms with Gasteiger partial charge in [-0.15, -0.1) is 0 Å². The van der Waals surface area contributed by atoms with Crippen LogP contribution in [-0.2, 0) is 104 Å². The molecule has 3 saturated heterocycles. The molecule has 0 spiro atoms. The first-order valence-electron chi connectivity index (χ1n) is 48.8. The number of carboxylic acid groups (broad SMARTS) is 2. The molecular formula is C94H144N28O23S2. The number of primary amides is 1. The molecule has 3 aromatic carbocycles. The van der Waals surface area contributed by atoms with Crippen molar-refractivity contribution >= 4 is 152 Å². The predicted molar refractivity (Wildman–Crippen MR) is 543 cm³/mol. The number of aromatic hydroxyl groups is 1. The van der Waals surface area contributed by atoms with Gasteiger partial charge in [-0.1, -0.05) is 149 Å². The SMILES string of the molecule is CCCCC[C@@H]1NC(=O)[C@@H]2C[C@H](OCC(=O)O)CN2C(=O)[C@H](CC(=O)O)NC(=O)[C@H](Cc2ccc(O)cc2)NC(=O)[C@H](CO)NC(=O)[C@H]([C@@H](C)CC)NC(=O)[C@H](Cc2ccc(-c3ccccc3)cc2)NC(=O)[C@H](CC(C)C)NC(=O)[C@@H]2CCCN2C(=O)[C@@H](NC(=O)[C@H](CCCNC(=N)N)NC(=O)[C@H](CCCNC(=N)N)NC(C)=O)CSSC[C@@H](C(=O)N[C@@H](CCCNC(=N)N)C(=O)N[C@@H](CCCNC(=N)N)C(N)=O)NC1=O. The molecule has 3 aliphatic heterocycles. The van der Waals surface area contributed by atoms with Gasteiger partial charge in [-0.05, 0) is 123 Å². The number of ether oxygens (including phenoxy) is 1. The van der Waals surface area contributed by atoms with E-state index in [1.165, 1.54) is 24.3 Å². The third-order valence-electron chi connectivity index (χ3n) is 24.3. The molecule has 6 rings (SSSR count). The predicted octanol–water partition coefficient (Wildman–Crippen LogP) is -4.70. The summed E-state index contributed by atoms with van der Waals surface area (Å²) in [6.45, 7) is 6.53. The zero-order chi connectivity index (χ0) is 109. The van der Waals surface area contributed by atoms with Crippen molar-refractivity contribution in [3.05, 3.63) is 90.0 Å². The second-order valence-corrected chi connectivity index (χ2v) is 39.1. The first-order chi connectivity index (χ1) is 69.8. The molecule has 53 heteroatoms. The van der Waals surface area contributed by atoms with Crippen molar-refractivity contribution in [1.29, 1.82) is 21.6 Å². The van der Waals surface area contributed by atoms with Gasteiger partial charge in [-0.2, -0.15) is 0 Å². The van der Waals surface area contributed by atoms with E-state index in [1.807, 2.05) is 30.3 Å². The number of carboxylic acids is 2. The molecule has 51 nitrogen and oxygen atoms in total. The largest absolute Gasteiger partial charge is 0.508 e. The summed E-state index contributed by atoms with van der Waals surface area (Å²) in [5.74, 6) is -24.4. The highest BCUT2D eigenvalue weighted by Crippen LogP contribution is 2.30. The van der Waals surface area contributed by atoms with Gasteiger partial charge in [-0.3, -0.25) is 103 Å². The first kappa shape index (κ1) is 121. The normalized spacial score (nSPS) is 21.9.